The minimum Gasteiger partial charge on any atom is -0.463 e. The molecule has 0 aromatic heterocycles. The van der Waals surface area contributed by atoms with Crippen LogP contribution in [0.25, 0.3) is 0 Å². The van der Waals surface area contributed by atoms with Crippen molar-refractivity contribution in [3.63, 3.8) is 0 Å². The van der Waals surface area contributed by atoms with Crippen LogP contribution in [0.4, 0.5) is 0 Å². The highest BCUT2D eigenvalue weighted by Crippen LogP contribution is 2.37. The normalized spacial score (nSPS) is 32.7. The lowest BCUT2D eigenvalue weighted by Gasteiger charge is -2.51. The summed E-state index contributed by atoms with van der Waals surface area (Å²) in [6.07, 6.45) is -29.2. The van der Waals surface area contributed by atoms with Crippen molar-refractivity contribution in [2.24, 2.45) is 0 Å². The van der Waals surface area contributed by atoms with Crippen LogP contribution in [0.3, 0.4) is 0 Å². The van der Waals surface area contributed by atoms with Gasteiger partial charge in [0.25, 0.3) is 0 Å². The van der Waals surface area contributed by atoms with E-state index in [0.29, 0.717) is 0 Å². The largest absolute Gasteiger partial charge is 0.463 e. The first-order valence-electron chi connectivity index (χ1n) is 26.0. The van der Waals surface area contributed by atoms with Crippen molar-refractivity contribution in [3.05, 3.63) is 0 Å². The molecule has 472 valence electrons. The van der Waals surface area contributed by atoms with Crippen molar-refractivity contribution in [1.82, 2.24) is 21.3 Å². The second-order valence-corrected chi connectivity index (χ2v) is 19.5. The third-order valence-electron chi connectivity index (χ3n) is 12.3. The molecule has 0 aromatic rings. The molecule has 4 heterocycles. The van der Waals surface area contributed by atoms with E-state index in [2.05, 4.69) is 21.3 Å². The summed E-state index contributed by atoms with van der Waals surface area (Å²) in [4.78, 5) is 165. The monoisotopic (exact) mass is 1210 g/mol. The van der Waals surface area contributed by atoms with E-state index in [1.54, 1.807) is 0 Å². The molecule has 4 fully saturated rings. The Kier molecular flexibility index (Phi) is 26.1. The van der Waals surface area contributed by atoms with Gasteiger partial charge < -0.3 is 102 Å². The molecule has 0 spiro atoms. The smallest absolute Gasteiger partial charge is 0.303 e. The molecule has 0 aromatic carbocycles. The summed E-state index contributed by atoms with van der Waals surface area (Å²) in [6.45, 7) is 9.95. The van der Waals surface area contributed by atoms with Gasteiger partial charge in [0.1, 0.15) is 80.6 Å². The van der Waals surface area contributed by atoms with Crippen LogP contribution in [0.15, 0.2) is 0 Å². The van der Waals surface area contributed by atoms with Gasteiger partial charge in [0.05, 0.1) is 6.61 Å². The molecule has 20 atom stereocenters. The van der Waals surface area contributed by atoms with Crippen molar-refractivity contribution < 1.29 is 143 Å². The highest BCUT2D eigenvalue weighted by atomic mass is 16.8. The Hall–Kier alpha value is -7.21. The van der Waals surface area contributed by atoms with Crippen LogP contribution in [0, 0.1) is 0 Å². The third kappa shape index (κ3) is 20.5. The maximum atomic E-state index is 13.2. The SMILES string of the molecule is CC(=O)N[C@@H]1[C@@H](O[C@@H]2O[C@H](COC(C)=O)[C@@H](OC(C)=O)[C@H](OC(C)=O)[C@H]2NC(C)=O)[C@H](O[C@@H]2O[C@H](COC(C)=O)[C@@H](OC(C)=O)[C@H](OC(C)=O)[C@H]2NC(C)=O)[C@@H](CO[C@@H]2O[C@H](COC(C)=O)[C@@H](OC(C)=O)[C@H](OC(C)=O)[C@H]2NC(C)=O)O[C@@H]1O. The molecule has 0 radical (unpaired) electrons. The Balaban J connectivity index is 2.07. The molecule has 34 heteroatoms. The van der Waals surface area contributed by atoms with E-state index in [1.807, 2.05) is 0 Å². The summed E-state index contributed by atoms with van der Waals surface area (Å²) >= 11 is 0. The number of aliphatic hydroxyl groups excluding tert-OH is 1. The van der Waals surface area contributed by atoms with Crippen LogP contribution >= 0.6 is 0 Å². The summed E-state index contributed by atoms with van der Waals surface area (Å²) < 4.78 is 94.0. The fourth-order valence-corrected chi connectivity index (χ4v) is 9.52. The lowest BCUT2D eigenvalue weighted by Crippen LogP contribution is -2.72. The van der Waals surface area contributed by atoms with Crippen molar-refractivity contribution in [3.8, 4) is 0 Å². The Labute approximate surface area is 480 Å². The zero-order valence-corrected chi connectivity index (χ0v) is 48.2. The van der Waals surface area contributed by atoms with Gasteiger partial charge in [-0.05, 0) is 0 Å². The predicted molar refractivity (Wildman–Crippen MR) is 266 cm³/mol. The maximum absolute atomic E-state index is 13.2. The van der Waals surface area contributed by atoms with Gasteiger partial charge in [-0.15, -0.1) is 0 Å². The van der Waals surface area contributed by atoms with Gasteiger partial charge in [0.15, 0.2) is 61.8 Å². The number of hydrogen-bond acceptors (Lipinski definition) is 30. The van der Waals surface area contributed by atoms with Gasteiger partial charge >= 0.3 is 53.7 Å². The van der Waals surface area contributed by atoms with E-state index >= 15 is 0 Å². The van der Waals surface area contributed by atoms with Crippen LogP contribution in [0.1, 0.15) is 90.0 Å². The Bertz CT molecular complexity index is 2430. The van der Waals surface area contributed by atoms with Gasteiger partial charge in [0.2, 0.25) is 23.6 Å². The quantitative estimate of drug-likeness (QED) is 0.0480. The number of nitrogens with one attached hydrogen (secondary N) is 4. The van der Waals surface area contributed by atoms with E-state index < -0.39 is 226 Å². The Morgan fingerprint density at radius 1 is 0.310 bits per heavy atom. The number of ether oxygens (including phenoxy) is 16. The number of carbonyl (C=O) groups excluding carboxylic acids is 13. The van der Waals surface area contributed by atoms with Crippen molar-refractivity contribution in [2.45, 2.75) is 213 Å². The number of hydrogen-bond donors (Lipinski definition) is 5. The first kappa shape index (κ1) is 69.3. The van der Waals surface area contributed by atoms with Gasteiger partial charge in [-0.25, -0.2) is 0 Å². The van der Waals surface area contributed by atoms with Gasteiger partial charge in [-0.3, -0.25) is 62.3 Å². The first-order valence-corrected chi connectivity index (χ1v) is 26.0. The average Bonchev–Trinajstić information content (AvgIpc) is 1.07. The Morgan fingerprint density at radius 3 is 0.869 bits per heavy atom. The number of esters is 9. The summed E-state index contributed by atoms with van der Waals surface area (Å²) in [5, 5.41) is 22.1. The summed E-state index contributed by atoms with van der Waals surface area (Å²) in [7, 11) is 0. The van der Waals surface area contributed by atoms with Crippen LogP contribution in [-0.2, 0) is 138 Å². The molecule has 0 saturated carbocycles. The fourth-order valence-electron chi connectivity index (χ4n) is 9.52. The molecule has 84 heavy (non-hydrogen) atoms. The fraction of sp³-hybridized carbons (Fsp3) is 0.740. The number of rotatable bonds is 23. The molecule has 4 rings (SSSR count). The number of carbonyl (C=O) groups is 13. The van der Waals surface area contributed by atoms with E-state index in [1.165, 1.54) is 0 Å². The highest BCUT2D eigenvalue weighted by Gasteiger charge is 2.59. The second kappa shape index (κ2) is 31.6. The topological polar surface area (TPSA) is 438 Å². The number of amides is 4. The predicted octanol–water partition coefficient (Wildman–Crippen LogP) is -4.04. The van der Waals surface area contributed by atoms with Crippen LogP contribution in [-0.4, -0.2) is 231 Å². The van der Waals surface area contributed by atoms with E-state index in [0.717, 1.165) is 90.0 Å². The van der Waals surface area contributed by atoms with Gasteiger partial charge in [-0.2, -0.15) is 0 Å². The summed E-state index contributed by atoms with van der Waals surface area (Å²) in [5.41, 5.74) is 0. The lowest BCUT2D eigenvalue weighted by molar-refractivity contribution is -0.361. The van der Waals surface area contributed by atoms with Crippen LogP contribution in [0.5, 0.6) is 0 Å². The molecule has 4 aliphatic rings. The average molecular weight is 1210 g/mol. The molecule has 34 nitrogen and oxygen atoms in total. The molecular weight excluding hydrogens is 1140 g/mol. The molecular formula is C50H72N4O30. The molecule has 0 aliphatic carbocycles. The molecule has 0 bridgehead atoms. The first-order chi connectivity index (χ1) is 39.3. The van der Waals surface area contributed by atoms with Crippen LogP contribution < -0.4 is 21.3 Å². The summed E-state index contributed by atoms with van der Waals surface area (Å²) in [5.74, 6) is -11.9. The minimum atomic E-state index is -2.24. The van der Waals surface area contributed by atoms with E-state index in [9.17, 15) is 67.4 Å². The van der Waals surface area contributed by atoms with Crippen LogP contribution in [0.2, 0.25) is 0 Å². The van der Waals surface area contributed by atoms with Gasteiger partial charge in [0, 0.05) is 90.0 Å². The molecule has 0 unspecified atom stereocenters. The van der Waals surface area contributed by atoms with Crippen molar-refractivity contribution in [1.29, 1.82) is 0 Å². The third-order valence-corrected chi connectivity index (χ3v) is 12.3. The second-order valence-electron chi connectivity index (χ2n) is 19.5. The maximum Gasteiger partial charge on any atom is 0.303 e. The van der Waals surface area contributed by atoms with Crippen molar-refractivity contribution in [2.75, 3.05) is 26.4 Å². The number of aliphatic hydroxyl groups is 1. The summed E-state index contributed by atoms with van der Waals surface area (Å²) in [6, 6.07) is -7.03. The van der Waals surface area contributed by atoms with Gasteiger partial charge in [-0.1, -0.05) is 0 Å². The van der Waals surface area contributed by atoms with Crippen molar-refractivity contribution >= 4 is 77.4 Å². The minimum absolute atomic E-state index is 0.686. The van der Waals surface area contributed by atoms with E-state index in [-0.39, 0.29) is 0 Å². The zero-order chi connectivity index (χ0) is 63.0. The molecule has 4 aliphatic heterocycles. The zero-order valence-electron chi connectivity index (χ0n) is 48.2. The van der Waals surface area contributed by atoms with E-state index in [4.69, 9.17) is 75.8 Å². The lowest BCUT2D eigenvalue weighted by atomic mass is 9.93. The highest BCUT2D eigenvalue weighted by molar-refractivity contribution is 5.76. The molecule has 4 amide bonds. The standard InChI is InChI=1S/C50H72N4O30/c1-18(55)51-35-43(84-50-38(54-21(4)58)46(78-30(13)67)41(75-27(10)64)34(82-50)16-71-24(7)61)42(83-49-37(53-20(3)57)45(77-29(12)66)40(74-26(9)63)33(81-49)15-70-23(6)60)31(79-47(35)68)17-72-48-36(52-19(2)56)44(76-28(11)65)39(73-25(8)62)32(80-48)14-69-22(5)59/h31-50,68H,14-17H2,1-13H3,(H,51,55)(H,52,56)(H,53,57)(H,54,58)/t31-,32-,33-,34-,35-,36-,37-,38-,39-,40-,41-,42-,43-,44-,45-,46-,47+,48-,49+,50+/m1/s1. The Morgan fingerprint density at radius 2 is 0.571 bits per heavy atom. The molecule has 5 N–H and O–H groups in total. The molecule has 4 saturated heterocycles.